The van der Waals surface area contributed by atoms with Crippen LogP contribution in [0.1, 0.15) is 21.5 Å². The SMILES string of the molecule is NC(=O)c1cc(CF)c(Cl)c(C(F)(F)F)c1. The van der Waals surface area contributed by atoms with Gasteiger partial charge in [-0.3, -0.25) is 4.79 Å². The summed E-state index contributed by atoms with van der Waals surface area (Å²) >= 11 is 5.36. The zero-order valence-electron chi connectivity index (χ0n) is 7.74. The minimum atomic E-state index is -4.76. The molecular weight excluding hydrogens is 250 g/mol. The number of nitrogens with two attached hydrogens (primary N) is 1. The Morgan fingerprint density at radius 2 is 1.94 bits per heavy atom. The molecular formula is C9H6ClF4NO. The van der Waals surface area contributed by atoms with Crippen molar-refractivity contribution in [1.82, 2.24) is 0 Å². The summed E-state index contributed by atoms with van der Waals surface area (Å²) in [5.41, 5.74) is 2.72. The van der Waals surface area contributed by atoms with E-state index >= 15 is 0 Å². The summed E-state index contributed by atoms with van der Waals surface area (Å²) in [5.74, 6) is -1.07. The molecule has 0 aliphatic rings. The van der Waals surface area contributed by atoms with Crippen LogP contribution in [0.5, 0.6) is 0 Å². The number of carbonyl (C=O) groups is 1. The average Bonchev–Trinajstić information content (AvgIpc) is 2.15. The van der Waals surface area contributed by atoms with Crippen molar-refractivity contribution in [2.75, 3.05) is 0 Å². The van der Waals surface area contributed by atoms with Gasteiger partial charge in [0.15, 0.2) is 0 Å². The third-order valence-corrected chi connectivity index (χ3v) is 2.33. The third-order valence-electron chi connectivity index (χ3n) is 1.88. The minimum Gasteiger partial charge on any atom is -0.366 e. The zero-order chi connectivity index (χ0) is 12.5. The Morgan fingerprint density at radius 1 is 1.38 bits per heavy atom. The normalized spacial score (nSPS) is 11.6. The molecule has 0 fully saturated rings. The summed E-state index contributed by atoms with van der Waals surface area (Å²) < 4.78 is 49.7. The second-order valence-electron chi connectivity index (χ2n) is 2.99. The molecule has 0 atom stereocenters. The van der Waals surface area contributed by atoms with Gasteiger partial charge in [0.2, 0.25) is 5.91 Å². The quantitative estimate of drug-likeness (QED) is 0.811. The first kappa shape index (κ1) is 12.8. The Kier molecular flexibility index (Phi) is 3.42. The van der Waals surface area contributed by atoms with Crippen molar-refractivity contribution in [3.05, 3.63) is 33.8 Å². The summed E-state index contributed by atoms with van der Waals surface area (Å²) in [5, 5.41) is -0.750. The van der Waals surface area contributed by atoms with E-state index in [2.05, 4.69) is 0 Å². The fraction of sp³-hybridized carbons (Fsp3) is 0.222. The summed E-state index contributed by atoms with van der Waals surface area (Å²) in [4.78, 5) is 10.7. The average molecular weight is 256 g/mol. The zero-order valence-corrected chi connectivity index (χ0v) is 8.49. The summed E-state index contributed by atoms with van der Waals surface area (Å²) in [6.07, 6.45) is -4.76. The van der Waals surface area contributed by atoms with Gasteiger partial charge in [0.05, 0.1) is 10.6 Å². The first-order chi connectivity index (χ1) is 7.27. The van der Waals surface area contributed by atoms with Gasteiger partial charge in [-0.05, 0) is 12.1 Å². The summed E-state index contributed by atoms with van der Waals surface area (Å²) in [6, 6.07) is 1.41. The van der Waals surface area contributed by atoms with Crippen LogP contribution in [-0.2, 0) is 12.9 Å². The molecule has 1 amide bonds. The molecule has 0 heterocycles. The van der Waals surface area contributed by atoms with Gasteiger partial charge in [0.1, 0.15) is 6.67 Å². The minimum absolute atomic E-state index is 0.412. The molecule has 1 rings (SSSR count). The van der Waals surface area contributed by atoms with E-state index in [4.69, 9.17) is 17.3 Å². The van der Waals surface area contributed by atoms with Crippen molar-refractivity contribution in [2.45, 2.75) is 12.9 Å². The second-order valence-corrected chi connectivity index (χ2v) is 3.37. The molecule has 0 saturated heterocycles. The lowest BCUT2D eigenvalue weighted by Crippen LogP contribution is -2.15. The Balaban J connectivity index is 3.48. The van der Waals surface area contributed by atoms with Gasteiger partial charge in [-0.25, -0.2) is 4.39 Å². The lowest BCUT2D eigenvalue weighted by atomic mass is 10.1. The number of hydrogen-bond acceptors (Lipinski definition) is 1. The largest absolute Gasteiger partial charge is 0.417 e. The number of hydrogen-bond donors (Lipinski definition) is 1. The molecule has 7 heteroatoms. The number of benzene rings is 1. The smallest absolute Gasteiger partial charge is 0.366 e. The Labute approximate surface area is 93.0 Å². The van der Waals surface area contributed by atoms with Crippen LogP contribution < -0.4 is 5.73 Å². The maximum Gasteiger partial charge on any atom is 0.417 e. The Morgan fingerprint density at radius 3 is 2.31 bits per heavy atom. The first-order valence-corrected chi connectivity index (χ1v) is 4.40. The second kappa shape index (κ2) is 4.29. The molecule has 88 valence electrons. The van der Waals surface area contributed by atoms with Crippen LogP contribution >= 0.6 is 11.6 Å². The van der Waals surface area contributed by atoms with Crippen LogP contribution in [-0.4, -0.2) is 5.91 Å². The van der Waals surface area contributed by atoms with Crippen LogP contribution in [0.2, 0.25) is 5.02 Å². The molecule has 2 nitrogen and oxygen atoms in total. The lowest BCUT2D eigenvalue weighted by Gasteiger charge is -2.12. The maximum absolute atomic E-state index is 12.4. The van der Waals surface area contributed by atoms with Crippen molar-refractivity contribution in [1.29, 1.82) is 0 Å². The van der Waals surface area contributed by atoms with E-state index in [1.54, 1.807) is 0 Å². The first-order valence-electron chi connectivity index (χ1n) is 4.02. The van der Waals surface area contributed by atoms with Crippen molar-refractivity contribution >= 4 is 17.5 Å². The number of halogens is 5. The van der Waals surface area contributed by atoms with Gasteiger partial charge in [-0.15, -0.1) is 0 Å². The molecule has 2 N–H and O–H groups in total. The van der Waals surface area contributed by atoms with E-state index in [0.717, 1.165) is 6.07 Å². The van der Waals surface area contributed by atoms with Gasteiger partial charge in [0, 0.05) is 11.1 Å². The van der Waals surface area contributed by atoms with Crippen molar-refractivity contribution in [3.63, 3.8) is 0 Å². The topological polar surface area (TPSA) is 43.1 Å². The Hall–Kier alpha value is -1.30. The van der Waals surface area contributed by atoms with E-state index < -0.39 is 40.5 Å². The number of primary amides is 1. The summed E-state index contributed by atoms with van der Waals surface area (Å²) in [7, 11) is 0. The molecule has 1 aromatic rings. The third kappa shape index (κ3) is 2.44. The molecule has 0 aliphatic heterocycles. The maximum atomic E-state index is 12.4. The van der Waals surface area contributed by atoms with Crippen LogP contribution in [0.4, 0.5) is 17.6 Å². The monoisotopic (exact) mass is 255 g/mol. The van der Waals surface area contributed by atoms with E-state index in [0.29, 0.717) is 6.07 Å². The fourth-order valence-electron chi connectivity index (χ4n) is 1.13. The molecule has 0 bridgehead atoms. The Bertz CT molecular complexity index is 430. The number of carbonyl (C=O) groups excluding carboxylic acids is 1. The van der Waals surface area contributed by atoms with Crippen molar-refractivity contribution in [2.24, 2.45) is 5.73 Å². The predicted octanol–water partition coefficient (Wildman–Crippen LogP) is 2.93. The fourth-order valence-corrected chi connectivity index (χ4v) is 1.40. The standard InChI is InChI=1S/C9H6ClF4NO/c10-7-5(3-11)1-4(8(15)16)2-6(7)9(12,13)14/h1-2H,3H2,(H2,15,16). The van der Waals surface area contributed by atoms with Crippen molar-refractivity contribution < 1.29 is 22.4 Å². The number of alkyl halides is 4. The van der Waals surface area contributed by atoms with Crippen LogP contribution in [0.15, 0.2) is 12.1 Å². The lowest BCUT2D eigenvalue weighted by molar-refractivity contribution is -0.137. The highest BCUT2D eigenvalue weighted by molar-refractivity contribution is 6.32. The molecule has 16 heavy (non-hydrogen) atoms. The van der Waals surface area contributed by atoms with Gasteiger partial charge in [-0.1, -0.05) is 11.6 Å². The van der Waals surface area contributed by atoms with Gasteiger partial charge < -0.3 is 5.73 Å². The molecule has 0 spiro atoms. The highest BCUT2D eigenvalue weighted by Crippen LogP contribution is 2.37. The van der Waals surface area contributed by atoms with Gasteiger partial charge >= 0.3 is 6.18 Å². The van der Waals surface area contributed by atoms with Gasteiger partial charge in [-0.2, -0.15) is 13.2 Å². The highest BCUT2D eigenvalue weighted by Gasteiger charge is 2.35. The molecule has 0 radical (unpaired) electrons. The molecule has 1 aromatic carbocycles. The van der Waals surface area contributed by atoms with E-state index in [1.165, 1.54) is 0 Å². The number of rotatable bonds is 2. The van der Waals surface area contributed by atoms with Gasteiger partial charge in [0.25, 0.3) is 0 Å². The molecule has 0 aromatic heterocycles. The van der Waals surface area contributed by atoms with Crippen molar-refractivity contribution in [3.8, 4) is 0 Å². The molecule has 0 saturated carbocycles. The molecule has 0 unspecified atom stereocenters. The van der Waals surface area contributed by atoms with E-state index in [1.807, 2.05) is 0 Å². The van der Waals surface area contributed by atoms with Crippen LogP contribution in [0.3, 0.4) is 0 Å². The van der Waals surface area contributed by atoms with E-state index in [-0.39, 0.29) is 0 Å². The number of amides is 1. The predicted molar refractivity (Wildman–Crippen MR) is 49.8 cm³/mol. The van der Waals surface area contributed by atoms with Crippen LogP contribution in [0, 0.1) is 0 Å². The molecule has 0 aliphatic carbocycles. The summed E-state index contributed by atoms with van der Waals surface area (Å²) in [6.45, 7) is -1.21. The van der Waals surface area contributed by atoms with Crippen LogP contribution in [0.25, 0.3) is 0 Å². The highest BCUT2D eigenvalue weighted by atomic mass is 35.5. The van der Waals surface area contributed by atoms with E-state index in [9.17, 15) is 22.4 Å².